The lowest BCUT2D eigenvalue weighted by molar-refractivity contribution is 0.0940. The van der Waals surface area contributed by atoms with Crippen molar-refractivity contribution in [2.24, 2.45) is 0 Å². The number of carbonyl (C=O) groups excluding carboxylic acids is 1. The molecule has 0 radical (unpaired) electrons. The van der Waals surface area contributed by atoms with Crippen LogP contribution in [0.15, 0.2) is 70.1 Å². The molecule has 1 atom stereocenters. The maximum atomic E-state index is 13.0. The molecule has 0 aliphatic heterocycles. The lowest BCUT2D eigenvalue weighted by Crippen LogP contribution is -2.26. The number of pyridine rings is 1. The second kappa shape index (κ2) is 6.64. The van der Waals surface area contributed by atoms with Gasteiger partial charge < -0.3 is 9.73 Å². The van der Waals surface area contributed by atoms with E-state index in [1.165, 1.54) is 18.3 Å². The quantitative estimate of drug-likeness (QED) is 0.442. The fourth-order valence-corrected chi connectivity index (χ4v) is 3.03. The number of rotatable bonds is 3. The summed E-state index contributed by atoms with van der Waals surface area (Å²) in [5, 5.41) is 4.71. The van der Waals surface area contributed by atoms with E-state index in [4.69, 9.17) is 4.42 Å². The Balaban J connectivity index is 1.67. The first-order valence-corrected chi connectivity index (χ1v) is 8.40. The number of hydrogen-bond donors (Lipinski definition) is 1. The van der Waals surface area contributed by atoms with Crippen LogP contribution >= 0.6 is 0 Å². The molecule has 2 heterocycles. The van der Waals surface area contributed by atoms with Gasteiger partial charge in [-0.25, -0.2) is 9.18 Å². The van der Waals surface area contributed by atoms with E-state index in [2.05, 4.69) is 10.3 Å². The lowest BCUT2D eigenvalue weighted by Gasteiger charge is -2.14. The first-order valence-electron chi connectivity index (χ1n) is 8.40. The lowest BCUT2D eigenvalue weighted by atomic mass is 10.1. The molecule has 27 heavy (non-hydrogen) atoms. The van der Waals surface area contributed by atoms with Gasteiger partial charge in [0.05, 0.1) is 11.4 Å². The Morgan fingerprint density at radius 1 is 1.07 bits per heavy atom. The van der Waals surface area contributed by atoms with Gasteiger partial charge in [-0.3, -0.25) is 9.78 Å². The van der Waals surface area contributed by atoms with Crippen LogP contribution < -0.4 is 10.9 Å². The van der Waals surface area contributed by atoms with Gasteiger partial charge in [0, 0.05) is 28.7 Å². The Hall–Kier alpha value is -3.54. The first-order chi connectivity index (χ1) is 13.0. The number of nitrogens with zero attached hydrogens (tertiary/aromatic N) is 1. The number of amides is 1. The number of fused-ring (bicyclic) bond motifs is 3. The Kier molecular flexibility index (Phi) is 4.16. The number of halogens is 1. The summed E-state index contributed by atoms with van der Waals surface area (Å²) in [6.45, 7) is 1.81. The molecule has 0 saturated heterocycles. The van der Waals surface area contributed by atoms with Crippen molar-refractivity contribution in [3.63, 3.8) is 0 Å². The highest BCUT2D eigenvalue weighted by molar-refractivity contribution is 6.06. The topological polar surface area (TPSA) is 72.2 Å². The standard InChI is InChI=1S/C21H15FN2O3/c1-12(13-2-5-15(22)6-3-13)24-20(25)14-4-7-17-16-8-9-23-11-18(16)21(26)27-19(17)10-14/h2-12H,1H3,(H,24,25). The van der Waals surface area contributed by atoms with E-state index in [0.717, 1.165) is 16.3 Å². The zero-order chi connectivity index (χ0) is 19.0. The molecule has 0 saturated carbocycles. The maximum absolute atomic E-state index is 13.0. The minimum absolute atomic E-state index is 0.302. The predicted octanol–water partition coefficient (Wildman–Crippen LogP) is 3.97. The molecular weight excluding hydrogens is 347 g/mol. The van der Waals surface area contributed by atoms with Crippen LogP contribution in [0.3, 0.4) is 0 Å². The van der Waals surface area contributed by atoms with Crippen LogP contribution in [0.2, 0.25) is 0 Å². The summed E-state index contributed by atoms with van der Waals surface area (Å²) < 4.78 is 18.4. The van der Waals surface area contributed by atoms with Gasteiger partial charge in [-0.2, -0.15) is 0 Å². The van der Waals surface area contributed by atoms with Crippen molar-refractivity contribution < 1.29 is 13.6 Å². The SMILES string of the molecule is CC(NC(=O)c1ccc2c(c1)oc(=O)c1cnccc12)c1ccc(F)cc1. The van der Waals surface area contributed by atoms with Gasteiger partial charge >= 0.3 is 5.63 Å². The molecule has 0 fully saturated rings. The van der Waals surface area contributed by atoms with Crippen LogP contribution in [0.4, 0.5) is 4.39 Å². The van der Waals surface area contributed by atoms with E-state index >= 15 is 0 Å². The molecule has 0 aliphatic rings. The summed E-state index contributed by atoms with van der Waals surface area (Å²) in [6.07, 6.45) is 3.07. The molecule has 5 nitrogen and oxygen atoms in total. The zero-order valence-electron chi connectivity index (χ0n) is 14.4. The summed E-state index contributed by atoms with van der Waals surface area (Å²) in [4.78, 5) is 28.6. The van der Waals surface area contributed by atoms with Crippen molar-refractivity contribution in [2.45, 2.75) is 13.0 Å². The summed E-state index contributed by atoms with van der Waals surface area (Å²) in [7, 11) is 0. The highest BCUT2D eigenvalue weighted by Gasteiger charge is 2.14. The molecule has 0 aliphatic carbocycles. The van der Waals surface area contributed by atoms with Crippen LogP contribution in [0.1, 0.15) is 28.9 Å². The number of aromatic nitrogens is 1. The van der Waals surface area contributed by atoms with E-state index < -0.39 is 5.63 Å². The third-order valence-electron chi connectivity index (χ3n) is 4.50. The molecular formula is C21H15FN2O3. The van der Waals surface area contributed by atoms with Gasteiger partial charge in [-0.15, -0.1) is 0 Å². The molecule has 1 amide bonds. The number of benzene rings is 2. The van der Waals surface area contributed by atoms with Crippen molar-refractivity contribution in [2.75, 3.05) is 0 Å². The van der Waals surface area contributed by atoms with Crippen LogP contribution in [0, 0.1) is 5.82 Å². The molecule has 1 unspecified atom stereocenters. The predicted molar refractivity (Wildman–Crippen MR) is 100 cm³/mol. The Morgan fingerprint density at radius 2 is 1.85 bits per heavy atom. The van der Waals surface area contributed by atoms with E-state index in [9.17, 15) is 14.0 Å². The molecule has 2 aromatic carbocycles. The maximum Gasteiger partial charge on any atom is 0.345 e. The minimum Gasteiger partial charge on any atom is -0.422 e. The van der Waals surface area contributed by atoms with Crippen molar-refractivity contribution in [1.82, 2.24) is 10.3 Å². The van der Waals surface area contributed by atoms with Crippen molar-refractivity contribution in [3.05, 3.63) is 88.3 Å². The Bertz CT molecular complexity index is 1220. The molecule has 134 valence electrons. The number of nitrogens with one attached hydrogen (secondary N) is 1. The summed E-state index contributed by atoms with van der Waals surface area (Å²) in [5.41, 5.74) is 0.993. The average Bonchev–Trinajstić information content (AvgIpc) is 2.68. The van der Waals surface area contributed by atoms with Gasteiger partial charge in [0.25, 0.3) is 5.91 Å². The van der Waals surface area contributed by atoms with Gasteiger partial charge in [-0.1, -0.05) is 12.1 Å². The van der Waals surface area contributed by atoms with E-state index in [1.54, 1.807) is 42.6 Å². The summed E-state index contributed by atoms with van der Waals surface area (Å²) in [5.74, 6) is -0.643. The largest absolute Gasteiger partial charge is 0.422 e. The van der Waals surface area contributed by atoms with E-state index in [1.807, 2.05) is 6.92 Å². The average molecular weight is 362 g/mol. The number of carbonyl (C=O) groups is 1. The fourth-order valence-electron chi connectivity index (χ4n) is 3.03. The van der Waals surface area contributed by atoms with E-state index in [-0.39, 0.29) is 17.8 Å². The van der Waals surface area contributed by atoms with Crippen LogP contribution in [0.5, 0.6) is 0 Å². The monoisotopic (exact) mass is 362 g/mol. The highest BCUT2D eigenvalue weighted by atomic mass is 19.1. The van der Waals surface area contributed by atoms with Gasteiger partial charge in [0.1, 0.15) is 11.4 Å². The first kappa shape index (κ1) is 16.9. The Labute approximate surface area is 153 Å². The highest BCUT2D eigenvalue weighted by Crippen LogP contribution is 2.23. The third kappa shape index (κ3) is 3.17. The molecule has 6 heteroatoms. The van der Waals surface area contributed by atoms with Crippen molar-refractivity contribution in [1.29, 1.82) is 0 Å². The minimum atomic E-state index is -0.497. The molecule has 0 bridgehead atoms. The molecule has 4 aromatic rings. The van der Waals surface area contributed by atoms with Gasteiger partial charge in [0.15, 0.2) is 0 Å². The fraction of sp³-hybridized carbons (Fsp3) is 0.0952. The van der Waals surface area contributed by atoms with Crippen LogP contribution in [0.25, 0.3) is 21.7 Å². The Morgan fingerprint density at radius 3 is 2.63 bits per heavy atom. The molecule has 2 aromatic heterocycles. The van der Waals surface area contributed by atoms with Gasteiger partial charge in [0.2, 0.25) is 0 Å². The third-order valence-corrected chi connectivity index (χ3v) is 4.50. The smallest absolute Gasteiger partial charge is 0.345 e. The van der Waals surface area contributed by atoms with Crippen LogP contribution in [-0.4, -0.2) is 10.9 Å². The summed E-state index contributed by atoms with van der Waals surface area (Å²) in [6, 6.07) is 12.4. The normalized spacial score (nSPS) is 12.2. The van der Waals surface area contributed by atoms with Crippen LogP contribution in [-0.2, 0) is 0 Å². The zero-order valence-corrected chi connectivity index (χ0v) is 14.4. The molecule has 0 spiro atoms. The van der Waals surface area contributed by atoms with E-state index in [0.29, 0.717) is 16.5 Å². The molecule has 4 rings (SSSR count). The number of hydrogen-bond acceptors (Lipinski definition) is 4. The second-order valence-electron chi connectivity index (χ2n) is 6.27. The summed E-state index contributed by atoms with van der Waals surface area (Å²) >= 11 is 0. The second-order valence-corrected chi connectivity index (χ2v) is 6.27. The molecule has 1 N–H and O–H groups in total. The van der Waals surface area contributed by atoms with Crippen molar-refractivity contribution in [3.8, 4) is 0 Å². The van der Waals surface area contributed by atoms with Crippen molar-refractivity contribution >= 4 is 27.6 Å². The van der Waals surface area contributed by atoms with Gasteiger partial charge in [-0.05, 0) is 48.9 Å².